The molecule has 1 fully saturated rings. The van der Waals surface area contributed by atoms with Gasteiger partial charge in [-0.05, 0) is 62.9 Å². The van der Waals surface area contributed by atoms with Crippen LogP contribution in [0, 0.1) is 5.92 Å². The molecule has 1 aromatic carbocycles. The number of rotatable bonds is 5. The van der Waals surface area contributed by atoms with Crippen molar-refractivity contribution >= 4 is 21.9 Å². The van der Waals surface area contributed by atoms with Gasteiger partial charge < -0.3 is 10.0 Å². The van der Waals surface area contributed by atoms with Crippen molar-refractivity contribution in [3.05, 3.63) is 34.3 Å². The van der Waals surface area contributed by atoms with E-state index >= 15 is 0 Å². The van der Waals surface area contributed by atoms with Crippen LogP contribution in [0.3, 0.4) is 0 Å². The second kappa shape index (κ2) is 7.23. The monoisotopic (exact) mass is 339 g/mol. The van der Waals surface area contributed by atoms with Crippen molar-refractivity contribution in [2.75, 3.05) is 13.1 Å². The van der Waals surface area contributed by atoms with Crippen LogP contribution in [-0.2, 0) is 11.2 Å². The highest BCUT2D eigenvalue weighted by Gasteiger charge is 2.24. The maximum Gasteiger partial charge on any atom is 0.303 e. The number of benzene rings is 1. The van der Waals surface area contributed by atoms with E-state index in [4.69, 9.17) is 5.11 Å². The molecule has 2 rings (SSSR count). The van der Waals surface area contributed by atoms with Gasteiger partial charge in [-0.25, -0.2) is 0 Å². The quantitative estimate of drug-likeness (QED) is 0.891. The van der Waals surface area contributed by atoms with Crippen LogP contribution in [0.25, 0.3) is 0 Å². The zero-order valence-corrected chi connectivity index (χ0v) is 13.5. The summed E-state index contributed by atoms with van der Waals surface area (Å²) in [5.41, 5.74) is 1.35. The molecule has 1 N–H and O–H groups in total. The number of aliphatic carboxylic acids is 1. The molecule has 0 aromatic heterocycles. The average molecular weight is 340 g/mol. The van der Waals surface area contributed by atoms with E-state index in [9.17, 15) is 4.79 Å². The molecule has 4 heteroatoms. The van der Waals surface area contributed by atoms with Crippen molar-refractivity contribution in [1.82, 2.24) is 4.90 Å². The summed E-state index contributed by atoms with van der Waals surface area (Å²) in [6.45, 7) is 4.31. The largest absolute Gasteiger partial charge is 0.481 e. The first kappa shape index (κ1) is 15.5. The lowest BCUT2D eigenvalue weighted by atomic mass is 9.92. The first-order chi connectivity index (χ1) is 9.54. The van der Waals surface area contributed by atoms with Crippen molar-refractivity contribution in [2.24, 2.45) is 5.92 Å². The second-order valence-electron chi connectivity index (χ2n) is 5.76. The van der Waals surface area contributed by atoms with Gasteiger partial charge in [0.05, 0.1) is 0 Å². The number of piperidine rings is 1. The summed E-state index contributed by atoms with van der Waals surface area (Å²) >= 11 is 3.46. The summed E-state index contributed by atoms with van der Waals surface area (Å²) in [6.07, 6.45) is 3.40. The Hall–Kier alpha value is -0.870. The number of carbonyl (C=O) groups is 1. The number of carboxylic acids is 1. The minimum absolute atomic E-state index is 0.328. The Morgan fingerprint density at radius 3 is 2.50 bits per heavy atom. The fourth-order valence-corrected chi connectivity index (χ4v) is 3.20. The summed E-state index contributed by atoms with van der Waals surface area (Å²) in [7, 11) is 0. The minimum Gasteiger partial charge on any atom is -0.481 e. The summed E-state index contributed by atoms with van der Waals surface area (Å²) in [6, 6.07) is 9.01. The SMILES string of the molecule is CC(Cc1ccc(Br)cc1)N1CCC(CC(=O)O)CC1. The van der Waals surface area contributed by atoms with Crippen molar-refractivity contribution in [3.63, 3.8) is 0 Å². The van der Waals surface area contributed by atoms with Crippen LogP contribution < -0.4 is 0 Å². The maximum atomic E-state index is 10.7. The number of likely N-dealkylation sites (tertiary alicyclic amines) is 1. The van der Waals surface area contributed by atoms with Gasteiger partial charge in [0.15, 0.2) is 0 Å². The molecular formula is C16H22BrNO2. The topological polar surface area (TPSA) is 40.5 Å². The van der Waals surface area contributed by atoms with Gasteiger partial charge in [-0.1, -0.05) is 28.1 Å². The van der Waals surface area contributed by atoms with E-state index in [1.54, 1.807) is 0 Å². The molecule has 1 unspecified atom stereocenters. The third kappa shape index (κ3) is 4.60. The van der Waals surface area contributed by atoms with Gasteiger partial charge >= 0.3 is 5.97 Å². The van der Waals surface area contributed by atoms with E-state index in [0.29, 0.717) is 18.4 Å². The zero-order chi connectivity index (χ0) is 14.5. The van der Waals surface area contributed by atoms with E-state index in [-0.39, 0.29) is 0 Å². The van der Waals surface area contributed by atoms with Crippen LogP contribution in [0.2, 0.25) is 0 Å². The molecule has 0 saturated carbocycles. The van der Waals surface area contributed by atoms with E-state index in [1.807, 2.05) is 0 Å². The lowest BCUT2D eigenvalue weighted by Gasteiger charge is -2.35. The number of hydrogen-bond acceptors (Lipinski definition) is 2. The molecule has 20 heavy (non-hydrogen) atoms. The second-order valence-corrected chi connectivity index (χ2v) is 6.67. The number of halogens is 1. The van der Waals surface area contributed by atoms with Gasteiger partial charge in [0.1, 0.15) is 0 Å². The highest BCUT2D eigenvalue weighted by atomic mass is 79.9. The predicted octanol–water partition coefficient (Wildman–Crippen LogP) is 3.57. The minimum atomic E-state index is -0.661. The van der Waals surface area contributed by atoms with E-state index in [1.165, 1.54) is 5.56 Å². The fraction of sp³-hybridized carbons (Fsp3) is 0.562. The summed E-state index contributed by atoms with van der Waals surface area (Å²) in [4.78, 5) is 13.2. The molecule has 3 nitrogen and oxygen atoms in total. The Morgan fingerprint density at radius 1 is 1.35 bits per heavy atom. The lowest BCUT2D eigenvalue weighted by Crippen LogP contribution is -2.41. The van der Waals surface area contributed by atoms with Crippen LogP contribution >= 0.6 is 15.9 Å². The fourth-order valence-electron chi connectivity index (χ4n) is 2.94. The zero-order valence-electron chi connectivity index (χ0n) is 11.9. The Morgan fingerprint density at radius 2 is 1.95 bits per heavy atom. The molecule has 1 saturated heterocycles. The van der Waals surface area contributed by atoms with Crippen molar-refractivity contribution in [1.29, 1.82) is 0 Å². The van der Waals surface area contributed by atoms with Crippen LogP contribution in [0.1, 0.15) is 31.7 Å². The molecule has 0 amide bonds. The van der Waals surface area contributed by atoms with Crippen LogP contribution in [0.15, 0.2) is 28.7 Å². The van der Waals surface area contributed by atoms with Crippen molar-refractivity contribution in [2.45, 2.75) is 38.6 Å². The van der Waals surface area contributed by atoms with Crippen LogP contribution in [-0.4, -0.2) is 35.1 Å². The molecule has 1 atom stereocenters. The van der Waals surface area contributed by atoms with Gasteiger partial charge in [0.2, 0.25) is 0 Å². The Balaban J connectivity index is 1.81. The number of carboxylic acid groups (broad SMARTS) is 1. The molecule has 0 bridgehead atoms. The number of hydrogen-bond donors (Lipinski definition) is 1. The third-order valence-electron chi connectivity index (χ3n) is 4.18. The van der Waals surface area contributed by atoms with Gasteiger partial charge in [0.25, 0.3) is 0 Å². The molecule has 110 valence electrons. The normalized spacial score (nSPS) is 18.9. The Bertz CT molecular complexity index is 438. The molecule has 0 aliphatic carbocycles. The summed E-state index contributed by atoms with van der Waals surface area (Å²) in [5, 5.41) is 8.84. The molecule has 1 aliphatic rings. The summed E-state index contributed by atoms with van der Waals surface area (Å²) < 4.78 is 1.11. The lowest BCUT2D eigenvalue weighted by molar-refractivity contribution is -0.138. The molecule has 1 aromatic rings. The highest BCUT2D eigenvalue weighted by Crippen LogP contribution is 2.23. The average Bonchev–Trinajstić information content (AvgIpc) is 2.41. The predicted molar refractivity (Wildman–Crippen MR) is 83.9 cm³/mol. The van der Waals surface area contributed by atoms with Gasteiger partial charge in [-0.15, -0.1) is 0 Å². The highest BCUT2D eigenvalue weighted by molar-refractivity contribution is 9.10. The van der Waals surface area contributed by atoms with E-state index < -0.39 is 5.97 Å². The van der Waals surface area contributed by atoms with Gasteiger partial charge in [-0.3, -0.25) is 4.79 Å². The first-order valence-corrected chi connectivity index (χ1v) is 8.04. The van der Waals surface area contributed by atoms with E-state index in [2.05, 4.69) is 52.0 Å². The maximum absolute atomic E-state index is 10.7. The first-order valence-electron chi connectivity index (χ1n) is 7.25. The Kier molecular flexibility index (Phi) is 5.61. The van der Waals surface area contributed by atoms with Crippen LogP contribution in [0.5, 0.6) is 0 Å². The van der Waals surface area contributed by atoms with Crippen molar-refractivity contribution < 1.29 is 9.90 Å². The molecule has 1 aliphatic heterocycles. The van der Waals surface area contributed by atoms with Gasteiger partial charge in [-0.2, -0.15) is 0 Å². The Labute approximate surface area is 129 Å². The molecule has 0 radical (unpaired) electrons. The van der Waals surface area contributed by atoms with E-state index in [0.717, 1.165) is 36.8 Å². The van der Waals surface area contributed by atoms with Crippen LogP contribution in [0.4, 0.5) is 0 Å². The smallest absolute Gasteiger partial charge is 0.303 e. The van der Waals surface area contributed by atoms with Crippen molar-refractivity contribution in [3.8, 4) is 0 Å². The molecule has 0 spiro atoms. The number of nitrogens with zero attached hydrogens (tertiary/aromatic N) is 1. The summed E-state index contributed by atoms with van der Waals surface area (Å²) in [5.74, 6) is -0.296. The standard InChI is InChI=1S/C16H22BrNO2/c1-12(10-13-2-4-15(17)5-3-13)18-8-6-14(7-9-18)11-16(19)20/h2-5,12,14H,6-11H2,1H3,(H,19,20). The molecular weight excluding hydrogens is 318 g/mol. The van der Waals surface area contributed by atoms with Gasteiger partial charge in [0, 0.05) is 16.9 Å². The third-order valence-corrected chi connectivity index (χ3v) is 4.71. The molecule has 1 heterocycles.